The number of urea groups is 1. The summed E-state index contributed by atoms with van der Waals surface area (Å²) in [4.78, 5) is 33.9. The number of nitrogens with one attached hydrogen (secondary N) is 1. The van der Waals surface area contributed by atoms with E-state index in [0.717, 1.165) is 30.2 Å². The molecule has 1 saturated heterocycles. The van der Waals surface area contributed by atoms with Crippen molar-refractivity contribution in [3.8, 4) is 5.88 Å². The van der Waals surface area contributed by atoms with Crippen LogP contribution in [0.2, 0.25) is 0 Å². The minimum atomic E-state index is -3.81. The van der Waals surface area contributed by atoms with Gasteiger partial charge in [0.15, 0.2) is 0 Å². The first-order valence-corrected chi connectivity index (χ1v) is 13.5. The van der Waals surface area contributed by atoms with E-state index in [-0.39, 0.29) is 17.3 Å². The molecule has 11 nitrogen and oxygen atoms in total. The molecule has 13 heteroatoms. The lowest BCUT2D eigenvalue weighted by atomic mass is 10.0. The van der Waals surface area contributed by atoms with Gasteiger partial charge in [0.2, 0.25) is 21.8 Å². The molecule has 1 N–H and O–H groups in total. The van der Waals surface area contributed by atoms with Crippen LogP contribution in [0.4, 0.5) is 4.79 Å². The molecular weight excluding hydrogens is 492 g/mol. The van der Waals surface area contributed by atoms with Crippen molar-refractivity contribution in [2.75, 3.05) is 7.11 Å². The molecule has 2 unspecified atom stereocenters. The van der Waals surface area contributed by atoms with Gasteiger partial charge in [-0.25, -0.2) is 22.9 Å². The molecule has 1 aliphatic carbocycles. The number of thioether (sulfide) groups is 1. The Morgan fingerprint density at radius 2 is 2.03 bits per heavy atom. The second kappa shape index (κ2) is 8.64. The molecule has 2 aromatic heterocycles. The highest BCUT2D eigenvalue weighted by Gasteiger charge is 2.52. The van der Waals surface area contributed by atoms with Crippen molar-refractivity contribution in [1.82, 2.24) is 29.3 Å². The average molecular weight is 519 g/mol. The minimum Gasteiger partial charge on any atom is -0.481 e. The Hall–Kier alpha value is -2.90. The van der Waals surface area contributed by atoms with Crippen molar-refractivity contribution >= 4 is 33.7 Å². The number of methoxy groups -OCH3 is 1. The van der Waals surface area contributed by atoms with E-state index in [0.29, 0.717) is 11.4 Å². The zero-order valence-electron chi connectivity index (χ0n) is 19.5. The molecule has 0 radical (unpaired) electrons. The van der Waals surface area contributed by atoms with Crippen LogP contribution in [0, 0.1) is 5.92 Å². The SMILES string of the molecule is COc1cc(CN2C(=O)N(Cc3cnn(C)c3)C(=O)C3C=C(S(=O)(=O)NC4(C)CC4)SC32)ccn1. The van der Waals surface area contributed by atoms with E-state index in [1.54, 1.807) is 47.4 Å². The number of hydrogen-bond donors (Lipinski definition) is 1. The number of sulfonamides is 1. The fraction of sp³-hybridized carbons (Fsp3) is 0.455. The van der Waals surface area contributed by atoms with Gasteiger partial charge in [0.05, 0.1) is 25.8 Å². The number of carbonyl (C=O) groups excluding carboxylic acids is 2. The zero-order valence-corrected chi connectivity index (χ0v) is 21.2. The maximum Gasteiger partial charge on any atom is 0.328 e. The average Bonchev–Trinajstić information content (AvgIpc) is 3.19. The lowest BCUT2D eigenvalue weighted by Gasteiger charge is -2.41. The van der Waals surface area contributed by atoms with E-state index >= 15 is 0 Å². The summed E-state index contributed by atoms with van der Waals surface area (Å²) in [6, 6.07) is 2.98. The molecule has 3 aliphatic rings. The molecule has 3 amide bonds. The Bertz CT molecular complexity index is 1320. The Morgan fingerprint density at radius 1 is 1.26 bits per heavy atom. The van der Waals surface area contributed by atoms with Crippen LogP contribution in [0.15, 0.2) is 41.0 Å². The number of ether oxygens (including phenoxy) is 1. The van der Waals surface area contributed by atoms with E-state index in [1.165, 1.54) is 18.1 Å². The van der Waals surface area contributed by atoms with Gasteiger partial charge in [-0.1, -0.05) is 11.8 Å². The van der Waals surface area contributed by atoms with Crippen LogP contribution in [0.1, 0.15) is 30.9 Å². The molecular formula is C22H26N6O5S2. The Labute approximate surface area is 207 Å². The van der Waals surface area contributed by atoms with Crippen molar-refractivity contribution < 1.29 is 22.7 Å². The third-order valence-corrected chi connectivity index (χ3v) is 9.83. The number of amides is 3. The highest BCUT2D eigenvalue weighted by molar-refractivity contribution is 8.18. The van der Waals surface area contributed by atoms with Crippen LogP contribution in [0.25, 0.3) is 0 Å². The van der Waals surface area contributed by atoms with E-state index in [2.05, 4.69) is 14.8 Å². The van der Waals surface area contributed by atoms with Gasteiger partial charge >= 0.3 is 6.03 Å². The minimum absolute atomic E-state index is 0.0435. The first-order valence-electron chi connectivity index (χ1n) is 11.1. The summed E-state index contributed by atoms with van der Waals surface area (Å²) in [7, 11) is -0.555. The lowest BCUT2D eigenvalue weighted by molar-refractivity contribution is -0.135. The highest BCUT2D eigenvalue weighted by Crippen LogP contribution is 2.46. The topological polar surface area (TPSA) is 127 Å². The third kappa shape index (κ3) is 4.67. The number of nitrogens with zero attached hydrogens (tertiary/aromatic N) is 5. The third-order valence-electron chi connectivity index (χ3n) is 6.30. The van der Waals surface area contributed by atoms with Crippen LogP contribution < -0.4 is 9.46 Å². The van der Waals surface area contributed by atoms with Crippen LogP contribution >= 0.6 is 11.8 Å². The molecule has 2 aromatic rings. The fourth-order valence-corrected chi connectivity index (χ4v) is 7.47. The van der Waals surface area contributed by atoms with Crippen LogP contribution in [0.5, 0.6) is 5.88 Å². The predicted octanol–water partition coefficient (Wildman–Crippen LogP) is 1.79. The van der Waals surface area contributed by atoms with Gasteiger partial charge < -0.3 is 9.64 Å². The van der Waals surface area contributed by atoms with Crippen molar-refractivity contribution in [3.63, 3.8) is 0 Å². The number of hydrogen-bond acceptors (Lipinski definition) is 8. The van der Waals surface area contributed by atoms with Crippen LogP contribution in [-0.2, 0) is 35.0 Å². The van der Waals surface area contributed by atoms with E-state index in [1.807, 2.05) is 6.92 Å². The second-order valence-corrected chi connectivity index (χ2v) is 12.3. The second-order valence-electron chi connectivity index (χ2n) is 9.25. The predicted molar refractivity (Wildman–Crippen MR) is 128 cm³/mol. The number of rotatable bonds is 8. The van der Waals surface area contributed by atoms with Crippen LogP contribution in [0.3, 0.4) is 0 Å². The van der Waals surface area contributed by atoms with Crippen LogP contribution in [-0.4, -0.2) is 62.9 Å². The van der Waals surface area contributed by atoms with E-state index < -0.39 is 38.8 Å². The molecule has 0 bridgehead atoms. The van der Waals surface area contributed by atoms with Gasteiger partial charge in [-0.3, -0.25) is 14.4 Å². The van der Waals surface area contributed by atoms with Crippen molar-refractivity contribution in [2.45, 2.75) is 43.8 Å². The summed E-state index contributed by atoms with van der Waals surface area (Å²) in [6.07, 6.45) is 7.93. The normalized spacial score (nSPS) is 23.3. The van der Waals surface area contributed by atoms with Gasteiger partial charge in [-0.05, 0) is 37.5 Å². The molecule has 35 heavy (non-hydrogen) atoms. The molecule has 1 saturated carbocycles. The van der Waals surface area contributed by atoms with Gasteiger partial charge in [0.1, 0.15) is 9.61 Å². The summed E-state index contributed by atoms with van der Waals surface area (Å²) in [6.45, 7) is 2.06. The van der Waals surface area contributed by atoms with Gasteiger partial charge in [-0.2, -0.15) is 5.10 Å². The lowest BCUT2D eigenvalue weighted by Crippen LogP contribution is -2.58. The molecule has 2 fully saturated rings. The molecule has 0 spiro atoms. The summed E-state index contributed by atoms with van der Waals surface area (Å²) >= 11 is 1.03. The monoisotopic (exact) mass is 518 g/mol. The Morgan fingerprint density at radius 3 is 2.69 bits per heavy atom. The number of aryl methyl sites for hydroxylation is 1. The summed E-state index contributed by atoms with van der Waals surface area (Å²) < 4.78 is 35.8. The maximum atomic E-state index is 13.6. The molecule has 0 aromatic carbocycles. The first kappa shape index (κ1) is 23.8. The van der Waals surface area contributed by atoms with Crippen molar-refractivity contribution in [1.29, 1.82) is 0 Å². The van der Waals surface area contributed by atoms with E-state index in [4.69, 9.17) is 4.74 Å². The van der Waals surface area contributed by atoms with Gasteiger partial charge in [0, 0.05) is 43.2 Å². The number of fused-ring (bicyclic) bond motifs is 1. The van der Waals surface area contributed by atoms with E-state index in [9.17, 15) is 18.0 Å². The standard InChI is InChI=1S/C22H26N6O5S2/c1-22(5-6-22)25-35(31,32)18-9-16-19(29)27(13-15-10-24-26(2)11-15)21(30)28(20(16)34-18)12-14-4-7-23-17(8-14)33-3/h4,7-11,16,20,25H,5-6,12-13H2,1-3H3. The first-order chi connectivity index (χ1) is 16.6. The molecule has 2 aliphatic heterocycles. The maximum absolute atomic E-state index is 13.6. The Balaban J connectivity index is 1.47. The quantitative estimate of drug-likeness (QED) is 0.561. The highest BCUT2D eigenvalue weighted by atomic mass is 32.3. The number of carbonyl (C=O) groups is 2. The number of aromatic nitrogens is 3. The summed E-state index contributed by atoms with van der Waals surface area (Å²) in [5, 5.41) is 3.44. The molecule has 186 valence electrons. The number of imide groups is 1. The van der Waals surface area contributed by atoms with Crippen molar-refractivity contribution in [3.05, 3.63) is 52.2 Å². The molecule has 2 atom stereocenters. The largest absolute Gasteiger partial charge is 0.481 e. The number of pyridine rings is 1. The zero-order chi connectivity index (χ0) is 25.0. The van der Waals surface area contributed by atoms with Crippen molar-refractivity contribution in [2.24, 2.45) is 13.0 Å². The molecule has 5 rings (SSSR count). The summed E-state index contributed by atoms with van der Waals surface area (Å²) in [5.74, 6) is -0.825. The summed E-state index contributed by atoms with van der Waals surface area (Å²) in [5.41, 5.74) is 0.997. The Kier molecular flexibility index (Phi) is 5.88. The van der Waals surface area contributed by atoms with Gasteiger partial charge in [0.25, 0.3) is 0 Å². The smallest absolute Gasteiger partial charge is 0.328 e. The van der Waals surface area contributed by atoms with Gasteiger partial charge in [-0.15, -0.1) is 0 Å². The fourth-order valence-electron chi connectivity index (χ4n) is 4.16. The molecule has 4 heterocycles.